The van der Waals surface area contributed by atoms with Gasteiger partial charge in [0, 0.05) is 35.0 Å². The number of benzene rings is 1. The summed E-state index contributed by atoms with van der Waals surface area (Å²) in [6, 6.07) is 7.02. The normalized spacial score (nSPS) is 12.1. The fourth-order valence-corrected chi connectivity index (χ4v) is 2.45. The van der Waals surface area contributed by atoms with E-state index in [9.17, 15) is 9.00 Å². The number of nitrogens with zero attached hydrogens (tertiary/aromatic N) is 1. The molecule has 0 aliphatic carbocycles. The zero-order chi connectivity index (χ0) is 12.8. The second kappa shape index (κ2) is 6.39. The highest BCUT2D eigenvalue weighted by Crippen LogP contribution is 2.15. The Morgan fingerprint density at radius 3 is 2.47 bits per heavy atom. The van der Waals surface area contributed by atoms with Gasteiger partial charge in [0.25, 0.3) is 0 Å². The molecule has 4 nitrogen and oxygen atoms in total. The molecule has 1 rings (SSSR count). The number of nitrogens with two attached hydrogens (primary N) is 1. The zero-order valence-corrected chi connectivity index (χ0v) is 11.0. The van der Waals surface area contributed by atoms with Crippen LogP contribution in [0.4, 0.5) is 11.4 Å². The summed E-state index contributed by atoms with van der Waals surface area (Å²) < 4.78 is 11.5. The van der Waals surface area contributed by atoms with Crippen molar-refractivity contribution in [3.63, 3.8) is 0 Å². The smallest absolute Gasteiger partial charge is 0.239 e. The monoisotopic (exact) mass is 254 g/mol. The number of hydrogen-bond donors (Lipinski definition) is 1. The van der Waals surface area contributed by atoms with E-state index < -0.39 is 10.8 Å². The Morgan fingerprint density at radius 1 is 1.35 bits per heavy atom. The molecule has 1 amide bonds. The number of nitrogen functional groups attached to an aromatic ring is 1. The molecule has 0 spiro atoms. The van der Waals surface area contributed by atoms with Crippen LogP contribution in [0, 0.1) is 0 Å². The second-order valence-corrected chi connectivity index (χ2v) is 5.41. The molecule has 0 aliphatic heterocycles. The van der Waals surface area contributed by atoms with E-state index in [0.717, 1.165) is 12.1 Å². The maximum absolute atomic E-state index is 11.8. The SMILES string of the molecule is CCCS(=O)CC(=O)N(C)c1ccc(N)cc1. The van der Waals surface area contributed by atoms with Crippen LogP contribution in [0.25, 0.3) is 0 Å². The Bertz CT molecular complexity index is 403. The molecule has 2 N–H and O–H groups in total. The molecule has 0 heterocycles. The van der Waals surface area contributed by atoms with Gasteiger partial charge in [-0.05, 0) is 30.7 Å². The van der Waals surface area contributed by atoms with Gasteiger partial charge in [-0.15, -0.1) is 0 Å². The van der Waals surface area contributed by atoms with Crippen molar-refractivity contribution in [1.29, 1.82) is 0 Å². The van der Waals surface area contributed by atoms with Gasteiger partial charge in [-0.1, -0.05) is 6.92 Å². The Balaban J connectivity index is 2.63. The van der Waals surface area contributed by atoms with Gasteiger partial charge >= 0.3 is 0 Å². The molecule has 0 bridgehead atoms. The summed E-state index contributed by atoms with van der Waals surface area (Å²) >= 11 is 0. The summed E-state index contributed by atoms with van der Waals surface area (Å²) in [6.45, 7) is 1.95. The maximum atomic E-state index is 11.8. The van der Waals surface area contributed by atoms with Gasteiger partial charge in [0.2, 0.25) is 5.91 Å². The van der Waals surface area contributed by atoms with Crippen LogP contribution in [0.2, 0.25) is 0 Å². The molecule has 0 saturated carbocycles. The summed E-state index contributed by atoms with van der Waals surface area (Å²) in [6.07, 6.45) is 0.825. The predicted molar refractivity (Wildman–Crippen MR) is 72.4 cm³/mol. The van der Waals surface area contributed by atoms with Crippen molar-refractivity contribution in [3.8, 4) is 0 Å². The van der Waals surface area contributed by atoms with E-state index in [-0.39, 0.29) is 11.7 Å². The van der Waals surface area contributed by atoms with Crippen LogP contribution in [-0.2, 0) is 15.6 Å². The molecule has 0 fully saturated rings. The lowest BCUT2D eigenvalue weighted by Gasteiger charge is -2.17. The highest BCUT2D eigenvalue weighted by atomic mass is 32.2. The second-order valence-electron chi connectivity index (χ2n) is 3.83. The summed E-state index contributed by atoms with van der Waals surface area (Å²) in [5.74, 6) is 0.511. The van der Waals surface area contributed by atoms with Gasteiger partial charge in [0.15, 0.2) is 0 Å². The molecule has 0 aromatic heterocycles. The molecule has 17 heavy (non-hydrogen) atoms. The number of carbonyl (C=O) groups is 1. The molecular weight excluding hydrogens is 236 g/mol. The highest BCUT2D eigenvalue weighted by Gasteiger charge is 2.13. The van der Waals surface area contributed by atoms with E-state index in [1.54, 1.807) is 31.3 Å². The molecule has 1 aromatic rings. The molecular formula is C12H18N2O2S. The van der Waals surface area contributed by atoms with Crippen molar-refractivity contribution in [2.75, 3.05) is 29.2 Å². The Kier molecular flexibility index (Phi) is 5.15. The van der Waals surface area contributed by atoms with Crippen molar-refractivity contribution in [1.82, 2.24) is 0 Å². The predicted octanol–water partition coefficient (Wildman–Crippen LogP) is 1.39. The third-order valence-corrected chi connectivity index (χ3v) is 3.80. The quantitative estimate of drug-likeness (QED) is 0.808. The van der Waals surface area contributed by atoms with Crippen LogP contribution in [0.15, 0.2) is 24.3 Å². The van der Waals surface area contributed by atoms with E-state index in [2.05, 4.69) is 0 Å². The largest absolute Gasteiger partial charge is 0.399 e. The Morgan fingerprint density at radius 2 is 1.94 bits per heavy atom. The molecule has 1 unspecified atom stereocenters. The van der Waals surface area contributed by atoms with Crippen molar-refractivity contribution >= 4 is 28.1 Å². The molecule has 1 aromatic carbocycles. The molecule has 0 radical (unpaired) electrons. The van der Waals surface area contributed by atoms with Crippen LogP contribution in [0.5, 0.6) is 0 Å². The van der Waals surface area contributed by atoms with Gasteiger partial charge in [0.05, 0.1) is 0 Å². The van der Waals surface area contributed by atoms with Crippen molar-refractivity contribution in [3.05, 3.63) is 24.3 Å². The van der Waals surface area contributed by atoms with E-state index >= 15 is 0 Å². The van der Waals surface area contributed by atoms with Crippen LogP contribution in [-0.4, -0.2) is 28.7 Å². The zero-order valence-electron chi connectivity index (χ0n) is 10.2. The van der Waals surface area contributed by atoms with Crippen LogP contribution in [0.3, 0.4) is 0 Å². The molecule has 5 heteroatoms. The standard InChI is InChI=1S/C12H18N2O2S/c1-3-8-17(16)9-12(15)14(2)11-6-4-10(13)5-7-11/h4-7H,3,8-9,13H2,1-2H3. The summed E-state index contributed by atoms with van der Waals surface area (Å²) in [5.41, 5.74) is 6.99. The maximum Gasteiger partial charge on any atom is 0.239 e. The first-order valence-electron chi connectivity index (χ1n) is 5.51. The first-order chi connectivity index (χ1) is 8.04. The topological polar surface area (TPSA) is 63.4 Å². The van der Waals surface area contributed by atoms with Crippen molar-refractivity contribution < 1.29 is 9.00 Å². The van der Waals surface area contributed by atoms with Crippen LogP contribution < -0.4 is 10.6 Å². The lowest BCUT2D eigenvalue weighted by Crippen LogP contribution is -2.31. The summed E-state index contributed by atoms with van der Waals surface area (Å²) in [7, 11) is 0.613. The van der Waals surface area contributed by atoms with Crippen LogP contribution >= 0.6 is 0 Å². The third-order valence-electron chi connectivity index (χ3n) is 2.37. The summed E-state index contributed by atoms with van der Waals surface area (Å²) in [4.78, 5) is 13.3. The lowest BCUT2D eigenvalue weighted by atomic mass is 10.2. The van der Waals surface area contributed by atoms with E-state index in [1.807, 2.05) is 6.92 Å². The minimum atomic E-state index is -1.06. The van der Waals surface area contributed by atoms with Gasteiger partial charge in [0.1, 0.15) is 5.75 Å². The molecule has 0 aliphatic rings. The van der Waals surface area contributed by atoms with E-state index in [1.165, 1.54) is 4.90 Å². The molecule has 1 atom stereocenters. The molecule has 0 saturated heterocycles. The lowest BCUT2D eigenvalue weighted by molar-refractivity contribution is -0.115. The van der Waals surface area contributed by atoms with Gasteiger partial charge in [-0.25, -0.2) is 0 Å². The number of anilines is 2. The number of amides is 1. The Labute approximate surface area is 104 Å². The fourth-order valence-electron chi connectivity index (χ4n) is 1.38. The number of rotatable bonds is 5. The minimum Gasteiger partial charge on any atom is -0.399 e. The van der Waals surface area contributed by atoms with Gasteiger partial charge in [-0.3, -0.25) is 9.00 Å². The van der Waals surface area contributed by atoms with Gasteiger partial charge in [-0.2, -0.15) is 0 Å². The van der Waals surface area contributed by atoms with Crippen molar-refractivity contribution in [2.45, 2.75) is 13.3 Å². The fraction of sp³-hybridized carbons (Fsp3) is 0.417. The number of hydrogen-bond acceptors (Lipinski definition) is 3. The minimum absolute atomic E-state index is 0.0781. The average Bonchev–Trinajstić information content (AvgIpc) is 2.29. The molecule has 94 valence electrons. The van der Waals surface area contributed by atoms with Crippen molar-refractivity contribution in [2.24, 2.45) is 0 Å². The Hall–Kier alpha value is -1.36. The average molecular weight is 254 g/mol. The number of carbonyl (C=O) groups excluding carboxylic acids is 1. The first kappa shape index (κ1) is 13.7. The first-order valence-corrected chi connectivity index (χ1v) is 7.00. The summed E-state index contributed by atoms with van der Waals surface area (Å²) in [5, 5.41) is 0. The van der Waals surface area contributed by atoms with Crippen LogP contribution in [0.1, 0.15) is 13.3 Å². The third kappa shape index (κ3) is 4.19. The van der Waals surface area contributed by atoms with E-state index in [0.29, 0.717) is 11.4 Å². The van der Waals surface area contributed by atoms with Gasteiger partial charge < -0.3 is 10.6 Å². The highest BCUT2D eigenvalue weighted by molar-refractivity contribution is 7.85. The van der Waals surface area contributed by atoms with E-state index in [4.69, 9.17) is 5.73 Å².